The van der Waals surface area contributed by atoms with Crippen molar-refractivity contribution in [3.8, 4) is 5.75 Å². The lowest BCUT2D eigenvalue weighted by Gasteiger charge is -2.20. The molecule has 0 fully saturated rings. The van der Waals surface area contributed by atoms with Gasteiger partial charge < -0.3 is 15.8 Å². The van der Waals surface area contributed by atoms with Gasteiger partial charge in [-0.05, 0) is 38.5 Å². The largest absolute Gasteiger partial charge is 0.573 e. The summed E-state index contributed by atoms with van der Waals surface area (Å²) in [6, 6.07) is 3.39. The van der Waals surface area contributed by atoms with Crippen molar-refractivity contribution in [2.75, 3.05) is 0 Å². The number of nitrogens with zero attached hydrogens (tertiary/aromatic N) is 2. The molecule has 148 valence electrons. The van der Waals surface area contributed by atoms with E-state index in [1.54, 1.807) is 0 Å². The maximum Gasteiger partial charge on any atom is 0.573 e. The predicted molar refractivity (Wildman–Crippen MR) is 90.2 cm³/mol. The van der Waals surface area contributed by atoms with Gasteiger partial charge in [0, 0.05) is 24.5 Å². The molecule has 0 spiro atoms. The van der Waals surface area contributed by atoms with Gasteiger partial charge in [-0.15, -0.1) is 13.2 Å². The van der Waals surface area contributed by atoms with E-state index < -0.39 is 23.8 Å². The zero-order chi connectivity index (χ0) is 20.7. The zero-order valence-electron chi connectivity index (χ0n) is 15.0. The molecule has 0 aliphatic rings. The number of nitrogens with one attached hydrogen (secondary N) is 1. The Morgan fingerprint density at radius 3 is 2.30 bits per heavy atom. The van der Waals surface area contributed by atoms with E-state index in [1.807, 2.05) is 20.8 Å². The van der Waals surface area contributed by atoms with Crippen molar-refractivity contribution in [2.24, 2.45) is 5.73 Å². The van der Waals surface area contributed by atoms with Gasteiger partial charge in [-0.25, -0.2) is 9.37 Å². The summed E-state index contributed by atoms with van der Waals surface area (Å²) in [6.45, 7) is 6.17. The number of hydrogen-bond donors (Lipinski definition) is 2. The van der Waals surface area contributed by atoms with Gasteiger partial charge in [0.2, 0.25) is 0 Å². The Balaban J connectivity index is 0.000000337. The smallest absolute Gasteiger partial charge is 0.403 e. The van der Waals surface area contributed by atoms with Crippen LogP contribution in [0, 0.1) is 5.82 Å². The molecule has 1 aromatic carbocycles. The van der Waals surface area contributed by atoms with E-state index in [-0.39, 0.29) is 11.2 Å². The number of rotatable bonds is 4. The van der Waals surface area contributed by atoms with E-state index in [0.29, 0.717) is 12.1 Å². The molecule has 0 saturated heterocycles. The number of nitrogens with two attached hydrogens (primary N) is 1. The summed E-state index contributed by atoms with van der Waals surface area (Å²) in [6.07, 6.45) is -0.666. The molecule has 1 amide bonds. The lowest BCUT2D eigenvalue weighted by atomic mass is 10.1. The van der Waals surface area contributed by atoms with E-state index in [2.05, 4.69) is 20.0 Å². The molecule has 0 saturated carbocycles. The highest BCUT2D eigenvalue weighted by molar-refractivity contribution is 5.90. The maximum absolute atomic E-state index is 13.3. The molecule has 1 aromatic heterocycles. The van der Waals surface area contributed by atoms with E-state index in [9.17, 15) is 22.4 Å². The summed E-state index contributed by atoms with van der Waals surface area (Å²) in [4.78, 5) is 17.6. The highest BCUT2D eigenvalue weighted by Crippen LogP contribution is 2.26. The van der Waals surface area contributed by atoms with E-state index >= 15 is 0 Å². The number of aromatic nitrogens is 2. The van der Waals surface area contributed by atoms with Crippen molar-refractivity contribution >= 4 is 5.91 Å². The van der Waals surface area contributed by atoms with Gasteiger partial charge in [0.15, 0.2) is 11.6 Å². The first-order valence-electron chi connectivity index (χ1n) is 7.72. The molecule has 10 heteroatoms. The minimum atomic E-state index is -4.88. The molecule has 0 unspecified atom stereocenters. The SMILES string of the molecule is CC(C)(C)NCc1ccc(OC(F)(F)F)c(F)c1.NC(=O)c1cnccn1. The first-order chi connectivity index (χ1) is 12.4. The number of hydrogen-bond acceptors (Lipinski definition) is 5. The molecular formula is C17H20F4N4O2. The molecule has 6 nitrogen and oxygen atoms in total. The summed E-state index contributed by atoms with van der Waals surface area (Å²) >= 11 is 0. The predicted octanol–water partition coefficient (Wildman–Crippen LogP) is 3.19. The third-order valence-electron chi connectivity index (χ3n) is 2.86. The fraction of sp³-hybridized carbons (Fsp3) is 0.353. The third kappa shape index (κ3) is 9.50. The second kappa shape index (κ2) is 9.26. The number of carbonyl (C=O) groups excluding carboxylic acids is 1. The molecule has 2 aromatic rings. The standard InChI is InChI=1S/C12H15F4NO.C5H5N3O/c1-11(2,3)17-7-8-4-5-10(9(13)6-8)18-12(14,15)16;6-5(9)4-3-7-1-2-8-4/h4-6,17H,7H2,1-3H3;1-3H,(H2,6,9). The summed E-state index contributed by atoms with van der Waals surface area (Å²) < 4.78 is 52.7. The Morgan fingerprint density at radius 1 is 1.22 bits per heavy atom. The minimum Gasteiger partial charge on any atom is -0.403 e. The van der Waals surface area contributed by atoms with Crippen molar-refractivity contribution in [1.29, 1.82) is 0 Å². The summed E-state index contributed by atoms with van der Waals surface area (Å²) in [7, 11) is 0. The van der Waals surface area contributed by atoms with Crippen molar-refractivity contribution in [1.82, 2.24) is 15.3 Å². The number of ether oxygens (including phenoxy) is 1. The number of alkyl halides is 3. The van der Waals surface area contributed by atoms with Gasteiger partial charge in [-0.2, -0.15) is 0 Å². The van der Waals surface area contributed by atoms with Crippen LogP contribution in [0.5, 0.6) is 5.75 Å². The maximum atomic E-state index is 13.3. The highest BCUT2D eigenvalue weighted by atomic mass is 19.4. The van der Waals surface area contributed by atoms with Crippen LogP contribution in [0.1, 0.15) is 36.8 Å². The quantitative estimate of drug-likeness (QED) is 0.785. The van der Waals surface area contributed by atoms with Gasteiger partial charge in [0.05, 0.1) is 6.20 Å². The summed E-state index contributed by atoms with van der Waals surface area (Å²) in [5.41, 5.74) is 5.46. The Labute approximate surface area is 153 Å². The second-order valence-electron chi connectivity index (χ2n) is 6.37. The van der Waals surface area contributed by atoms with E-state index in [1.165, 1.54) is 24.7 Å². The Morgan fingerprint density at radius 2 is 1.89 bits per heavy atom. The second-order valence-corrected chi connectivity index (χ2v) is 6.37. The topological polar surface area (TPSA) is 90.1 Å². The van der Waals surface area contributed by atoms with Crippen LogP contribution in [0.15, 0.2) is 36.8 Å². The van der Waals surface area contributed by atoms with Gasteiger partial charge in [0.25, 0.3) is 5.91 Å². The fourth-order valence-corrected chi connectivity index (χ4v) is 1.66. The van der Waals surface area contributed by atoms with Crippen molar-refractivity contribution in [3.05, 3.63) is 53.9 Å². The van der Waals surface area contributed by atoms with Gasteiger partial charge in [0.1, 0.15) is 5.69 Å². The van der Waals surface area contributed by atoms with Crippen molar-refractivity contribution in [2.45, 2.75) is 39.2 Å². The van der Waals surface area contributed by atoms with Crippen LogP contribution in [0.3, 0.4) is 0 Å². The van der Waals surface area contributed by atoms with Crippen LogP contribution in [-0.4, -0.2) is 27.8 Å². The van der Waals surface area contributed by atoms with E-state index in [0.717, 1.165) is 12.1 Å². The monoisotopic (exact) mass is 388 g/mol. The van der Waals surface area contributed by atoms with Gasteiger partial charge in [-0.1, -0.05) is 6.07 Å². The first kappa shape index (κ1) is 22.3. The number of benzene rings is 1. The summed E-state index contributed by atoms with van der Waals surface area (Å²) in [5.74, 6) is -2.40. The average Bonchev–Trinajstić information content (AvgIpc) is 2.55. The molecule has 0 aliphatic heterocycles. The molecule has 0 aliphatic carbocycles. The van der Waals surface area contributed by atoms with Crippen LogP contribution >= 0.6 is 0 Å². The van der Waals surface area contributed by atoms with Crippen molar-refractivity contribution < 1.29 is 27.1 Å². The highest BCUT2D eigenvalue weighted by Gasteiger charge is 2.32. The van der Waals surface area contributed by atoms with Crippen LogP contribution in [0.25, 0.3) is 0 Å². The fourth-order valence-electron chi connectivity index (χ4n) is 1.66. The first-order valence-corrected chi connectivity index (χ1v) is 7.72. The lowest BCUT2D eigenvalue weighted by Crippen LogP contribution is -2.35. The lowest BCUT2D eigenvalue weighted by molar-refractivity contribution is -0.275. The zero-order valence-corrected chi connectivity index (χ0v) is 15.0. The van der Waals surface area contributed by atoms with Crippen LogP contribution in [-0.2, 0) is 6.54 Å². The molecule has 2 rings (SSSR count). The van der Waals surface area contributed by atoms with Crippen LogP contribution in [0.4, 0.5) is 17.6 Å². The Hall–Kier alpha value is -2.75. The molecule has 1 heterocycles. The minimum absolute atomic E-state index is 0.155. The number of primary amides is 1. The van der Waals surface area contributed by atoms with Gasteiger partial charge >= 0.3 is 6.36 Å². The molecule has 0 radical (unpaired) electrons. The molecule has 0 atom stereocenters. The number of carbonyl (C=O) groups is 1. The molecule has 3 N–H and O–H groups in total. The van der Waals surface area contributed by atoms with Crippen molar-refractivity contribution in [3.63, 3.8) is 0 Å². The summed E-state index contributed by atoms with van der Waals surface area (Å²) in [5, 5.41) is 3.10. The Kier molecular flexibility index (Phi) is 7.65. The number of halogens is 4. The van der Waals surface area contributed by atoms with Crippen LogP contribution in [0.2, 0.25) is 0 Å². The molecule has 27 heavy (non-hydrogen) atoms. The normalized spacial score (nSPS) is 11.4. The van der Waals surface area contributed by atoms with E-state index in [4.69, 9.17) is 5.73 Å². The Bertz CT molecular complexity index is 747. The number of amides is 1. The average molecular weight is 388 g/mol. The third-order valence-corrected chi connectivity index (χ3v) is 2.86. The van der Waals surface area contributed by atoms with Gasteiger partial charge in [-0.3, -0.25) is 9.78 Å². The van der Waals surface area contributed by atoms with Crippen LogP contribution < -0.4 is 15.8 Å². The molecule has 0 bridgehead atoms. The molecular weight excluding hydrogens is 368 g/mol.